The second-order valence-corrected chi connectivity index (χ2v) is 5.34. The second kappa shape index (κ2) is 7.54. The van der Waals surface area contributed by atoms with Gasteiger partial charge in [-0.15, -0.1) is 0 Å². The van der Waals surface area contributed by atoms with Gasteiger partial charge in [0.1, 0.15) is 5.69 Å². The molecule has 1 amide bonds. The Balaban J connectivity index is 2.13. The van der Waals surface area contributed by atoms with Gasteiger partial charge in [-0.2, -0.15) is 0 Å². The van der Waals surface area contributed by atoms with Crippen molar-refractivity contribution in [2.24, 2.45) is 0 Å². The minimum absolute atomic E-state index is 0.309. The fourth-order valence-electron chi connectivity index (χ4n) is 2.15. The van der Waals surface area contributed by atoms with Crippen molar-refractivity contribution < 1.29 is 14.3 Å². The molecule has 0 bridgehead atoms. The van der Waals surface area contributed by atoms with E-state index in [0.717, 1.165) is 17.7 Å². The molecule has 0 atom stereocenters. The Kier molecular flexibility index (Phi) is 5.46. The molecule has 0 aliphatic heterocycles. The number of aryl methyl sites for hydroxylation is 2. The molecule has 2 aromatic rings. The third-order valence-corrected chi connectivity index (χ3v) is 3.12. The van der Waals surface area contributed by atoms with Gasteiger partial charge in [0, 0.05) is 11.4 Å². The van der Waals surface area contributed by atoms with Crippen LogP contribution in [0.2, 0.25) is 0 Å². The molecule has 0 radical (unpaired) electrons. The van der Waals surface area contributed by atoms with Crippen LogP contribution in [0, 0.1) is 13.8 Å². The van der Waals surface area contributed by atoms with Gasteiger partial charge in [0.25, 0.3) is 5.91 Å². The first-order valence-corrected chi connectivity index (χ1v) is 7.53. The van der Waals surface area contributed by atoms with Crippen molar-refractivity contribution >= 4 is 17.6 Å². The minimum atomic E-state index is -0.396. The molecule has 120 valence electrons. The average Bonchev–Trinajstić information content (AvgIpc) is 2.52. The summed E-state index contributed by atoms with van der Waals surface area (Å²) in [6, 6.07) is 10.3. The highest BCUT2D eigenvalue weighted by molar-refractivity contribution is 6.03. The summed E-state index contributed by atoms with van der Waals surface area (Å²) in [4.78, 5) is 28.4. The summed E-state index contributed by atoms with van der Waals surface area (Å²) in [5.41, 5.74) is 3.04. The first kappa shape index (κ1) is 16.7. The van der Waals surface area contributed by atoms with E-state index in [2.05, 4.69) is 10.3 Å². The van der Waals surface area contributed by atoms with Gasteiger partial charge in [-0.1, -0.05) is 13.0 Å². The Morgan fingerprint density at radius 1 is 1.17 bits per heavy atom. The number of ether oxygens (including phenoxy) is 1. The molecule has 1 aromatic heterocycles. The highest BCUT2D eigenvalue weighted by atomic mass is 16.5. The van der Waals surface area contributed by atoms with E-state index in [0.29, 0.717) is 23.6 Å². The van der Waals surface area contributed by atoms with Crippen molar-refractivity contribution in [3.8, 4) is 0 Å². The highest BCUT2D eigenvalue weighted by Crippen LogP contribution is 2.14. The summed E-state index contributed by atoms with van der Waals surface area (Å²) in [5, 5.41) is 2.75. The van der Waals surface area contributed by atoms with E-state index in [-0.39, 0.29) is 5.91 Å². The molecule has 0 fully saturated rings. The number of amides is 1. The molecular weight excluding hydrogens is 292 g/mol. The van der Waals surface area contributed by atoms with E-state index >= 15 is 0 Å². The molecule has 0 unspecified atom stereocenters. The van der Waals surface area contributed by atoms with E-state index in [1.807, 2.05) is 26.8 Å². The summed E-state index contributed by atoms with van der Waals surface area (Å²) in [6.07, 6.45) is 0.764. The van der Waals surface area contributed by atoms with Crippen LogP contribution in [0.25, 0.3) is 0 Å². The number of esters is 1. The lowest BCUT2D eigenvalue weighted by molar-refractivity contribution is 0.0505. The van der Waals surface area contributed by atoms with Crippen LogP contribution in [0.1, 0.15) is 45.4 Å². The van der Waals surface area contributed by atoms with Gasteiger partial charge in [0.05, 0.1) is 12.2 Å². The quantitative estimate of drug-likeness (QED) is 0.858. The van der Waals surface area contributed by atoms with E-state index in [1.165, 1.54) is 0 Å². The number of aromatic nitrogens is 1. The number of benzene rings is 1. The smallest absolute Gasteiger partial charge is 0.338 e. The molecule has 23 heavy (non-hydrogen) atoms. The first-order valence-electron chi connectivity index (χ1n) is 7.53. The predicted molar refractivity (Wildman–Crippen MR) is 88.7 cm³/mol. The zero-order chi connectivity index (χ0) is 16.8. The molecule has 2 rings (SSSR count). The molecule has 1 N–H and O–H groups in total. The van der Waals surface area contributed by atoms with Gasteiger partial charge < -0.3 is 10.1 Å². The molecule has 0 saturated carbocycles. The number of nitrogens with zero attached hydrogens (tertiary/aromatic N) is 1. The molecule has 0 aliphatic carbocycles. The van der Waals surface area contributed by atoms with Gasteiger partial charge in [-0.25, -0.2) is 9.78 Å². The lowest BCUT2D eigenvalue weighted by Gasteiger charge is -2.08. The summed E-state index contributed by atoms with van der Waals surface area (Å²) in [5.74, 6) is -0.705. The molecule has 0 spiro atoms. The Bertz CT molecular complexity index is 706. The van der Waals surface area contributed by atoms with Crippen LogP contribution in [-0.4, -0.2) is 23.5 Å². The molecule has 1 aromatic carbocycles. The van der Waals surface area contributed by atoms with Crippen molar-refractivity contribution in [2.45, 2.75) is 27.2 Å². The van der Waals surface area contributed by atoms with E-state index < -0.39 is 5.97 Å². The zero-order valence-electron chi connectivity index (χ0n) is 13.6. The van der Waals surface area contributed by atoms with Crippen molar-refractivity contribution in [3.05, 3.63) is 58.9 Å². The molecule has 1 heterocycles. The third-order valence-electron chi connectivity index (χ3n) is 3.12. The first-order chi connectivity index (χ1) is 11.0. The SMILES string of the molecule is CCCOC(=O)c1cccc(NC(=O)c2cc(C)cc(C)n2)c1. The van der Waals surface area contributed by atoms with Crippen LogP contribution in [0.15, 0.2) is 36.4 Å². The number of hydrogen-bond acceptors (Lipinski definition) is 4. The number of anilines is 1. The number of carbonyl (C=O) groups excluding carboxylic acids is 2. The standard InChI is InChI=1S/C18H20N2O3/c1-4-8-23-18(22)14-6-5-7-15(11-14)20-17(21)16-10-12(2)9-13(3)19-16/h5-7,9-11H,4,8H2,1-3H3,(H,20,21). The normalized spacial score (nSPS) is 10.2. The van der Waals surface area contributed by atoms with Crippen LogP contribution in [0.5, 0.6) is 0 Å². The van der Waals surface area contributed by atoms with Crippen LogP contribution in [0.3, 0.4) is 0 Å². The minimum Gasteiger partial charge on any atom is -0.462 e. The highest BCUT2D eigenvalue weighted by Gasteiger charge is 2.11. The Morgan fingerprint density at radius 2 is 1.96 bits per heavy atom. The van der Waals surface area contributed by atoms with E-state index in [4.69, 9.17) is 4.74 Å². The maximum atomic E-state index is 12.3. The molecule has 5 nitrogen and oxygen atoms in total. The Labute approximate surface area is 135 Å². The van der Waals surface area contributed by atoms with E-state index in [1.54, 1.807) is 30.3 Å². The summed E-state index contributed by atoms with van der Waals surface area (Å²) >= 11 is 0. The molecular formula is C18H20N2O3. The van der Waals surface area contributed by atoms with Gasteiger partial charge in [0.15, 0.2) is 0 Å². The summed E-state index contributed by atoms with van der Waals surface area (Å²) in [7, 11) is 0. The average molecular weight is 312 g/mol. The molecule has 0 saturated heterocycles. The Morgan fingerprint density at radius 3 is 2.65 bits per heavy atom. The predicted octanol–water partition coefficient (Wildman–Crippen LogP) is 3.52. The van der Waals surface area contributed by atoms with Crippen molar-refractivity contribution in [1.29, 1.82) is 0 Å². The fraction of sp³-hybridized carbons (Fsp3) is 0.278. The largest absolute Gasteiger partial charge is 0.462 e. The molecule has 5 heteroatoms. The van der Waals surface area contributed by atoms with Gasteiger partial charge in [0.2, 0.25) is 0 Å². The number of carbonyl (C=O) groups is 2. The summed E-state index contributed by atoms with van der Waals surface area (Å²) in [6.45, 7) is 6.06. The number of hydrogen-bond donors (Lipinski definition) is 1. The monoisotopic (exact) mass is 312 g/mol. The number of rotatable bonds is 5. The van der Waals surface area contributed by atoms with Crippen LogP contribution in [0.4, 0.5) is 5.69 Å². The Hall–Kier alpha value is -2.69. The van der Waals surface area contributed by atoms with Crippen molar-refractivity contribution in [3.63, 3.8) is 0 Å². The van der Waals surface area contributed by atoms with Crippen LogP contribution < -0.4 is 5.32 Å². The van der Waals surface area contributed by atoms with Crippen molar-refractivity contribution in [1.82, 2.24) is 4.98 Å². The second-order valence-electron chi connectivity index (χ2n) is 5.34. The van der Waals surface area contributed by atoms with Crippen LogP contribution >= 0.6 is 0 Å². The lowest BCUT2D eigenvalue weighted by atomic mass is 10.2. The fourth-order valence-corrected chi connectivity index (χ4v) is 2.15. The summed E-state index contributed by atoms with van der Waals surface area (Å²) < 4.78 is 5.09. The third kappa shape index (κ3) is 4.64. The van der Waals surface area contributed by atoms with E-state index in [9.17, 15) is 9.59 Å². The maximum absolute atomic E-state index is 12.3. The lowest BCUT2D eigenvalue weighted by Crippen LogP contribution is -2.15. The van der Waals surface area contributed by atoms with Gasteiger partial charge >= 0.3 is 5.97 Å². The number of nitrogens with one attached hydrogen (secondary N) is 1. The van der Waals surface area contributed by atoms with Crippen molar-refractivity contribution in [2.75, 3.05) is 11.9 Å². The molecule has 0 aliphatic rings. The zero-order valence-corrected chi connectivity index (χ0v) is 13.6. The maximum Gasteiger partial charge on any atom is 0.338 e. The number of pyridine rings is 1. The van der Waals surface area contributed by atoms with Crippen LogP contribution in [-0.2, 0) is 4.74 Å². The topological polar surface area (TPSA) is 68.3 Å². The van der Waals surface area contributed by atoms with Gasteiger partial charge in [-0.3, -0.25) is 4.79 Å². The van der Waals surface area contributed by atoms with Gasteiger partial charge in [-0.05, 0) is 56.2 Å².